The molecule has 0 bridgehead atoms. The second-order valence-corrected chi connectivity index (χ2v) is 4.17. The molecule has 0 amide bonds. The van der Waals surface area contributed by atoms with Crippen molar-refractivity contribution in [3.63, 3.8) is 0 Å². The molecule has 0 aliphatic carbocycles. The molecule has 7 heteroatoms. The lowest BCUT2D eigenvalue weighted by Crippen LogP contribution is -1.96. The van der Waals surface area contributed by atoms with Crippen LogP contribution < -0.4 is 15.9 Å². The number of nitrogens with two attached hydrogens (primary N) is 1. The van der Waals surface area contributed by atoms with Crippen molar-refractivity contribution < 1.29 is 9.13 Å². The highest BCUT2D eigenvalue weighted by atomic mass is 32.1. The van der Waals surface area contributed by atoms with Crippen LogP contribution in [0.3, 0.4) is 0 Å². The molecule has 18 heavy (non-hydrogen) atoms. The smallest absolute Gasteiger partial charge is 0.205 e. The molecule has 0 saturated heterocycles. The minimum atomic E-state index is -0.431. The number of ether oxygens (including phenoxy) is 1. The van der Waals surface area contributed by atoms with Crippen LogP contribution in [-0.2, 0) is 0 Å². The van der Waals surface area contributed by atoms with Crippen LogP contribution in [0.2, 0.25) is 0 Å². The number of halogens is 1. The Morgan fingerprint density at radius 3 is 3.06 bits per heavy atom. The van der Waals surface area contributed by atoms with Crippen molar-refractivity contribution in [2.24, 2.45) is 5.10 Å². The highest BCUT2D eigenvalue weighted by Gasteiger charge is 2.06. The van der Waals surface area contributed by atoms with Crippen LogP contribution in [0.4, 0.5) is 15.3 Å². The lowest BCUT2D eigenvalue weighted by Gasteiger charge is -2.04. The van der Waals surface area contributed by atoms with Crippen LogP contribution in [0.25, 0.3) is 0 Å². The Kier molecular flexibility index (Phi) is 3.73. The van der Waals surface area contributed by atoms with Gasteiger partial charge >= 0.3 is 0 Å². The Morgan fingerprint density at radius 1 is 1.56 bits per heavy atom. The quantitative estimate of drug-likeness (QED) is 0.658. The third kappa shape index (κ3) is 2.75. The molecule has 0 aliphatic rings. The van der Waals surface area contributed by atoms with Crippen molar-refractivity contribution in [1.29, 1.82) is 0 Å². The van der Waals surface area contributed by atoms with Gasteiger partial charge in [0.05, 0.1) is 13.3 Å². The molecule has 1 aromatic carbocycles. The standard InChI is InChI=1S/C11H11FN4OS/c1-17-10-7(3-2-4-8(10)12)5-14-16-11-15-9(13)6-18-11/h2-6H,13H2,1H3,(H,15,16). The summed E-state index contributed by atoms with van der Waals surface area (Å²) >= 11 is 1.33. The van der Waals surface area contributed by atoms with E-state index in [0.717, 1.165) is 0 Å². The molecule has 0 aliphatic heterocycles. The summed E-state index contributed by atoms with van der Waals surface area (Å²) in [6.45, 7) is 0. The van der Waals surface area contributed by atoms with Gasteiger partial charge in [0, 0.05) is 10.9 Å². The van der Waals surface area contributed by atoms with Crippen molar-refractivity contribution in [3.05, 3.63) is 35.0 Å². The Bertz CT molecular complexity index is 570. The Labute approximate surface area is 107 Å². The molecule has 0 saturated carbocycles. The van der Waals surface area contributed by atoms with E-state index in [2.05, 4.69) is 15.5 Å². The van der Waals surface area contributed by atoms with Crippen LogP contribution >= 0.6 is 11.3 Å². The van der Waals surface area contributed by atoms with Gasteiger partial charge in [-0.2, -0.15) is 5.10 Å². The molecule has 5 nitrogen and oxygen atoms in total. The number of thiazole rings is 1. The van der Waals surface area contributed by atoms with Gasteiger partial charge in [0.25, 0.3) is 0 Å². The topological polar surface area (TPSA) is 72.5 Å². The van der Waals surface area contributed by atoms with Crippen LogP contribution in [0.15, 0.2) is 28.7 Å². The first-order valence-corrected chi connectivity index (χ1v) is 5.91. The zero-order chi connectivity index (χ0) is 13.0. The van der Waals surface area contributed by atoms with E-state index in [4.69, 9.17) is 10.5 Å². The summed E-state index contributed by atoms with van der Waals surface area (Å²) in [6.07, 6.45) is 1.46. The predicted molar refractivity (Wildman–Crippen MR) is 70.7 cm³/mol. The molecule has 0 radical (unpaired) electrons. The lowest BCUT2D eigenvalue weighted by molar-refractivity contribution is 0.386. The van der Waals surface area contributed by atoms with E-state index in [1.807, 2.05) is 0 Å². The van der Waals surface area contributed by atoms with Gasteiger partial charge in [-0.1, -0.05) is 6.07 Å². The molecule has 0 atom stereocenters. The summed E-state index contributed by atoms with van der Waals surface area (Å²) in [5, 5.41) is 6.21. The van der Waals surface area contributed by atoms with E-state index in [-0.39, 0.29) is 5.75 Å². The third-order valence-electron chi connectivity index (χ3n) is 2.09. The number of nitrogens with zero attached hydrogens (tertiary/aromatic N) is 2. The minimum absolute atomic E-state index is 0.154. The fourth-order valence-corrected chi connectivity index (χ4v) is 1.89. The molecular weight excluding hydrogens is 255 g/mol. The molecular formula is C11H11FN4OS. The summed E-state index contributed by atoms with van der Waals surface area (Å²) < 4.78 is 18.3. The second kappa shape index (κ2) is 5.46. The number of benzene rings is 1. The number of anilines is 2. The normalized spacial score (nSPS) is 10.8. The molecule has 0 fully saturated rings. The van der Waals surface area contributed by atoms with Gasteiger partial charge in [0.2, 0.25) is 5.13 Å². The van der Waals surface area contributed by atoms with Crippen molar-refractivity contribution in [2.45, 2.75) is 0 Å². The van der Waals surface area contributed by atoms with Gasteiger partial charge in [0.1, 0.15) is 5.82 Å². The van der Waals surface area contributed by atoms with Crippen LogP contribution in [-0.4, -0.2) is 18.3 Å². The van der Waals surface area contributed by atoms with Crippen molar-refractivity contribution >= 4 is 28.5 Å². The molecule has 1 heterocycles. The SMILES string of the molecule is COc1c(F)cccc1C=NNc1nc(N)cs1. The van der Waals surface area contributed by atoms with E-state index in [9.17, 15) is 4.39 Å². The zero-order valence-corrected chi connectivity index (χ0v) is 10.4. The molecule has 0 spiro atoms. The summed E-state index contributed by atoms with van der Waals surface area (Å²) in [6, 6.07) is 4.61. The van der Waals surface area contributed by atoms with E-state index >= 15 is 0 Å². The first-order valence-electron chi connectivity index (χ1n) is 5.03. The summed E-state index contributed by atoms with van der Waals surface area (Å²) in [7, 11) is 1.41. The average molecular weight is 266 g/mol. The molecule has 2 aromatic rings. The van der Waals surface area contributed by atoms with Gasteiger partial charge in [-0.3, -0.25) is 5.43 Å². The molecule has 1 aromatic heterocycles. The second-order valence-electron chi connectivity index (χ2n) is 3.31. The van der Waals surface area contributed by atoms with E-state index in [1.165, 1.54) is 30.7 Å². The predicted octanol–water partition coefficient (Wildman–Crippen LogP) is 2.32. The van der Waals surface area contributed by atoms with E-state index in [0.29, 0.717) is 16.5 Å². The van der Waals surface area contributed by atoms with E-state index < -0.39 is 5.82 Å². The maximum atomic E-state index is 13.4. The number of nitrogens with one attached hydrogen (secondary N) is 1. The largest absolute Gasteiger partial charge is 0.493 e. The van der Waals surface area contributed by atoms with Crippen molar-refractivity contribution in [2.75, 3.05) is 18.3 Å². The van der Waals surface area contributed by atoms with Gasteiger partial charge < -0.3 is 10.5 Å². The number of nitrogen functional groups attached to an aromatic ring is 1. The molecule has 94 valence electrons. The van der Waals surface area contributed by atoms with Crippen LogP contribution in [0.5, 0.6) is 5.75 Å². The summed E-state index contributed by atoms with van der Waals surface area (Å²) in [5.74, 6) is 0.155. The van der Waals surface area contributed by atoms with Crippen LogP contribution in [0, 0.1) is 5.82 Å². The molecule has 2 rings (SSSR count). The monoisotopic (exact) mass is 266 g/mol. The highest BCUT2D eigenvalue weighted by molar-refractivity contribution is 7.14. The van der Waals surface area contributed by atoms with Crippen LogP contribution in [0.1, 0.15) is 5.56 Å². The average Bonchev–Trinajstić information content (AvgIpc) is 2.75. The van der Waals surface area contributed by atoms with Crippen molar-refractivity contribution in [3.8, 4) is 5.75 Å². The number of hydrogen-bond donors (Lipinski definition) is 2. The van der Waals surface area contributed by atoms with Gasteiger partial charge in [-0.25, -0.2) is 9.37 Å². The maximum absolute atomic E-state index is 13.4. The van der Waals surface area contributed by atoms with E-state index in [1.54, 1.807) is 17.5 Å². The number of rotatable bonds is 4. The minimum Gasteiger partial charge on any atom is -0.493 e. The fourth-order valence-electron chi connectivity index (χ4n) is 1.34. The molecule has 3 N–H and O–H groups in total. The summed E-state index contributed by atoms with van der Waals surface area (Å²) in [4.78, 5) is 3.97. The van der Waals surface area contributed by atoms with Crippen molar-refractivity contribution in [1.82, 2.24) is 4.98 Å². The Morgan fingerprint density at radius 2 is 2.39 bits per heavy atom. The lowest BCUT2D eigenvalue weighted by atomic mass is 10.2. The number of hydrogen-bond acceptors (Lipinski definition) is 6. The third-order valence-corrected chi connectivity index (χ3v) is 2.85. The number of aromatic nitrogens is 1. The zero-order valence-electron chi connectivity index (χ0n) is 9.55. The van der Waals surface area contributed by atoms with Gasteiger partial charge in [0.15, 0.2) is 11.6 Å². The maximum Gasteiger partial charge on any atom is 0.205 e. The summed E-state index contributed by atoms with van der Waals surface area (Å²) in [5.41, 5.74) is 8.70. The first-order chi connectivity index (χ1) is 8.70. The highest BCUT2D eigenvalue weighted by Crippen LogP contribution is 2.21. The fraction of sp³-hybridized carbons (Fsp3) is 0.0909. The Balaban J connectivity index is 2.11. The van der Waals surface area contributed by atoms with Gasteiger partial charge in [-0.15, -0.1) is 11.3 Å². The van der Waals surface area contributed by atoms with Gasteiger partial charge in [-0.05, 0) is 12.1 Å². The number of methoxy groups -OCH3 is 1. The Hall–Kier alpha value is -2.15. The molecule has 0 unspecified atom stereocenters. The first kappa shape index (κ1) is 12.3. The number of hydrazone groups is 1. The number of para-hydroxylation sites is 1.